The van der Waals surface area contributed by atoms with Gasteiger partial charge in [0, 0.05) is 24.8 Å². The van der Waals surface area contributed by atoms with E-state index in [0.29, 0.717) is 6.54 Å². The maximum absolute atomic E-state index is 12.8. The summed E-state index contributed by atoms with van der Waals surface area (Å²) in [4.78, 5) is 17.0. The molecule has 7 heteroatoms. The highest BCUT2D eigenvalue weighted by atomic mass is 32.2. The lowest BCUT2D eigenvalue weighted by molar-refractivity contribution is -0.130. The second-order valence-electron chi connectivity index (χ2n) is 7.17. The van der Waals surface area contributed by atoms with Crippen molar-refractivity contribution in [1.82, 2.24) is 4.90 Å². The Bertz CT molecular complexity index is 740. The molecule has 0 aromatic heterocycles. The molecule has 138 valence electrons. The Morgan fingerprint density at radius 3 is 2.44 bits per heavy atom. The zero-order chi connectivity index (χ0) is 18.0. The third-order valence-corrected chi connectivity index (χ3v) is 6.16. The highest BCUT2D eigenvalue weighted by Gasteiger charge is 2.30. The molecule has 0 bridgehead atoms. The van der Waals surface area contributed by atoms with E-state index >= 15 is 0 Å². The third kappa shape index (κ3) is 4.15. The van der Waals surface area contributed by atoms with Crippen LogP contribution >= 0.6 is 0 Å². The van der Waals surface area contributed by atoms with Crippen molar-refractivity contribution in [1.29, 1.82) is 0 Å². The van der Waals surface area contributed by atoms with Crippen molar-refractivity contribution in [3.05, 3.63) is 23.8 Å². The minimum atomic E-state index is -3.70. The summed E-state index contributed by atoms with van der Waals surface area (Å²) >= 11 is 0. The Balaban J connectivity index is 1.74. The molecule has 2 heterocycles. The number of hydrogen-bond donors (Lipinski definition) is 1. The van der Waals surface area contributed by atoms with E-state index in [1.807, 2.05) is 4.90 Å². The lowest BCUT2D eigenvalue weighted by Gasteiger charge is -2.30. The van der Waals surface area contributed by atoms with Gasteiger partial charge in [0.05, 0.1) is 11.4 Å². The first-order valence-electron chi connectivity index (χ1n) is 9.06. The molecule has 2 aliphatic heterocycles. The van der Waals surface area contributed by atoms with E-state index in [4.69, 9.17) is 5.14 Å². The van der Waals surface area contributed by atoms with Crippen molar-refractivity contribution in [3.63, 3.8) is 0 Å². The van der Waals surface area contributed by atoms with Crippen LogP contribution < -0.4 is 10.0 Å². The van der Waals surface area contributed by atoms with E-state index in [1.54, 1.807) is 12.1 Å². The fourth-order valence-corrected chi connectivity index (χ4v) is 4.40. The van der Waals surface area contributed by atoms with Crippen LogP contribution in [0.3, 0.4) is 0 Å². The van der Waals surface area contributed by atoms with Crippen molar-refractivity contribution in [2.24, 2.45) is 5.14 Å². The molecule has 2 N–H and O–H groups in total. The molecular formula is C18H27N3O3S. The zero-order valence-electron chi connectivity index (χ0n) is 14.8. The summed E-state index contributed by atoms with van der Waals surface area (Å²) in [5.74, 6) is 0.164. The van der Waals surface area contributed by atoms with Gasteiger partial charge in [0.15, 0.2) is 0 Å². The SMILES string of the molecule is C[C@@H]1Cc2cc(S(N)(=O)=O)ccc2N1CC(=O)N1CCCCCCC1. The number of benzene rings is 1. The van der Waals surface area contributed by atoms with Crippen molar-refractivity contribution in [3.8, 4) is 0 Å². The average molecular weight is 365 g/mol. The molecule has 0 radical (unpaired) electrons. The van der Waals surface area contributed by atoms with Crippen LogP contribution in [-0.2, 0) is 21.2 Å². The summed E-state index contributed by atoms with van der Waals surface area (Å²) in [5.41, 5.74) is 1.89. The van der Waals surface area contributed by atoms with Crippen molar-refractivity contribution >= 4 is 21.6 Å². The van der Waals surface area contributed by atoms with Gasteiger partial charge in [-0.1, -0.05) is 19.3 Å². The summed E-state index contributed by atoms with van der Waals surface area (Å²) < 4.78 is 23.1. The summed E-state index contributed by atoms with van der Waals surface area (Å²) in [6, 6.07) is 5.12. The first kappa shape index (κ1) is 18.2. The Kier molecular flexibility index (Phi) is 5.34. The van der Waals surface area contributed by atoms with Crippen LogP contribution in [-0.4, -0.2) is 44.9 Å². The summed E-state index contributed by atoms with van der Waals surface area (Å²) in [5, 5.41) is 5.22. The van der Waals surface area contributed by atoms with Gasteiger partial charge in [-0.2, -0.15) is 0 Å². The number of fused-ring (bicyclic) bond motifs is 1. The van der Waals surface area contributed by atoms with Gasteiger partial charge in [-0.25, -0.2) is 13.6 Å². The molecule has 3 rings (SSSR count). The standard InChI is InChI=1S/C18H27N3O3S/c1-14-11-15-12-16(25(19,23)24)7-8-17(15)21(14)13-18(22)20-9-5-3-2-4-6-10-20/h7-8,12,14H,2-6,9-11,13H2,1H3,(H2,19,23,24)/t14-/m1/s1. The third-order valence-electron chi connectivity index (χ3n) is 5.25. The van der Waals surface area contributed by atoms with Crippen LogP contribution in [0.1, 0.15) is 44.6 Å². The number of nitrogens with two attached hydrogens (primary N) is 1. The molecule has 1 fully saturated rings. The molecule has 1 atom stereocenters. The first-order valence-corrected chi connectivity index (χ1v) is 10.6. The van der Waals surface area contributed by atoms with Crippen molar-refractivity contribution < 1.29 is 13.2 Å². The number of amides is 1. The zero-order valence-corrected chi connectivity index (χ0v) is 15.6. The van der Waals surface area contributed by atoms with Crippen LogP contribution in [0.4, 0.5) is 5.69 Å². The molecule has 2 aliphatic rings. The molecule has 1 amide bonds. The van der Waals surface area contributed by atoms with Gasteiger partial charge in [-0.15, -0.1) is 0 Å². The maximum atomic E-state index is 12.8. The van der Waals surface area contributed by atoms with E-state index in [-0.39, 0.29) is 16.8 Å². The number of rotatable bonds is 3. The summed E-state index contributed by atoms with van der Waals surface area (Å²) in [6.07, 6.45) is 6.55. The van der Waals surface area contributed by atoms with Crippen molar-refractivity contribution in [2.45, 2.75) is 56.4 Å². The Morgan fingerprint density at radius 1 is 1.16 bits per heavy atom. The van der Waals surface area contributed by atoms with E-state index in [2.05, 4.69) is 11.8 Å². The number of nitrogens with zero attached hydrogens (tertiary/aromatic N) is 2. The second kappa shape index (κ2) is 7.33. The van der Waals surface area contributed by atoms with E-state index in [9.17, 15) is 13.2 Å². The largest absolute Gasteiger partial charge is 0.359 e. The van der Waals surface area contributed by atoms with Gasteiger partial charge < -0.3 is 9.80 Å². The number of carbonyl (C=O) groups is 1. The molecule has 1 aromatic rings. The quantitative estimate of drug-likeness (QED) is 0.886. The normalized spacial score (nSPS) is 21.6. The fourth-order valence-electron chi connectivity index (χ4n) is 3.83. The number of likely N-dealkylation sites (tertiary alicyclic amines) is 1. The molecular weight excluding hydrogens is 338 g/mol. The van der Waals surface area contributed by atoms with E-state index in [0.717, 1.165) is 43.6 Å². The molecule has 0 aliphatic carbocycles. The van der Waals surface area contributed by atoms with E-state index in [1.165, 1.54) is 25.3 Å². The number of hydrogen-bond acceptors (Lipinski definition) is 4. The van der Waals surface area contributed by atoms with Gasteiger partial charge in [0.25, 0.3) is 0 Å². The average Bonchev–Trinajstić information content (AvgIpc) is 2.81. The molecule has 0 unspecified atom stereocenters. The highest BCUT2D eigenvalue weighted by Crippen LogP contribution is 2.33. The minimum absolute atomic E-state index is 0.135. The topological polar surface area (TPSA) is 83.7 Å². The predicted molar refractivity (Wildman–Crippen MR) is 98.0 cm³/mol. The smallest absolute Gasteiger partial charge is 0.242 e. The summed E-state index contributed by atoms with van der Waals surface area (Å²) in [6.45, 7) is 4.11. The fraction of sp³-hybridized carbons (Fsp3) is 0.611. The lowest BCUT2D eigenvalue weighted by Crippen LogP contribution is -2.43. The predicted octanol–water partition coefficient (Wildman–Crippen LogP) is 1.88. The number of primary sulfonamides is 1. The Morgan fingerprint density at radius 2 is 1.80 bits per heavy atom. The van der Waals surface area contributed by atoms with Gasteiger partial charge in [-0.3, -0.25) is 4.79 Å². The highest BCUT2D eigenvalue weighted by molar-refractivity contribution is 7.89. The van der Waals surface area contributed by atoms with Gasteiger partial charge in [0.1, 0.15) is 0 Å². The Labute approximate surface area is 150 Å². The monoisotopic (exact) mass is 365 g/mol. The second-order valence-corrected chi connectivity index (χ2v) is 8.73. The summed E-state index contributed by atoms with van der Waals surface area (Å²) in [7, 11) is -3.70. The van der Waals surface area contributed by atoms with Crippen molar-refractivity contribution in [2.75, 3.05) is 24.5 Å². The number of sulfonamides is 1. The number of carbonyl (C=O) groups excluding carboxylic acids is 1. The van der Waals surface area contributed by atoms with Crippen LogP contribution in [0, 0.1) is 0 Å². The van der Waals surface area contributed by atoms with Crippen LogP contribution in [0.5, 0.6) is 0 Å². The molecule has 1 saturated heterocycles. The minimum Gasteiger partial charge on any atom is -0.359 e. The first-order chi connectivity index (χ1) is 11.9. The van der Waals surface area contributed by atoms with Gasteiger partial charge in [0.2, 0.25) is 15.9 Å². The molecule has 1 aromatic carbocycles. The maximum Gasteiger partial charge on any atom is 0.242 e. The Hall–Kier alpha value is -1.60. The molecule has 0 saturated carbocycles. The van der Waals surface area contributed by atoms with Crippen LogP contribution in [0.2, 0.25) is 0 Å². The number of anilines is 1. The lowest BCUT2D eigenvalue weighted by atomic mass is 10.1. The van der Waals surface area contributed by atoms with Gasteiger partial charge >= 0.3 is 0 Å². The van der Waals surface area contributed by atoms with E-state index < -0.39 is 10.0 Å². The van der Waals surface area contributed by atoms with Gasteiger partial charge in [-0.05, 0) is 49.9 Å². The molecule has 0 spiro atoms. The van der Waals surface area contributed by atoms with Crippen LogP contribution in [0.15, 0.2) is 23.1 Å². The molecule has 6 nitrogen and oxygen atoms in total. The van der Waals surface area contributed by atoms with Crippen LogP contribution in [0.25, 0.3) is 0 Å². The molecule has 25 heavy (non-hydrogen) atoms.